The predicted octanol–water partition coefficient (Wildman–Crippen LogP) is 2.11. The number of hydrogen-bond acceptors (Lipinski definition) is 3. The summed E-state index contributed by atoms with van der Waals surface area (Å²) in [6.45, 7) is 0.569. The molecule has 4 nitrogen and oxygen atoms in total. The molecule has 1 N–H and O–H groups in total. The fourth-order valence-corrected chi connectivity index (χ4v) is 3.50. The van der Waals surface area contributed by atoms with Gasteiger partial charge in [-0.15, -0.1) is 11.6 Å². The van der Waals surface area contributed by atoms with Crippen molar-refractivity contribution >= 4 is 37.6 Å². The van der Waals surface area contributed by atoms with Crippen molar-refractivity contribution < 1.29 is 13.2 Å². The molecule has 0 aromatic heterocycles. The van der Waals surface area contributed by atoms with Crippen LogP contribution in [0.2, 0.25) is 0 Å². The Bertz CT molecular complexity index is 478. The lowest BCUT2D eigenvalue weighted by atomic mass is 10.2. The highest BCUT2D eigenvalue weighted by Gasteiger charge is 2.16. The largest absolute Gasteiger partial charge is 0.383 e. The van der Waals surface area contributed by atoms with E-state index in [0.717, 1.165) is 5.56 Å². The lowest BCUT2D eigenvalue weighted by Crippen LogP contribution is -2.27. The zero-order valence-corrected chi connectivity index (χ0v) is 12.4. The number of hydrogen-bond donors (Lipinski definition) is 1. The second-order valence-electron chi connectivity index (χ2n) is 3.29. The molecule has 0 amide bonds. The summed E-state index contributed by atoms with van der Waals surface area (Å²) in [5, 5.41) is 0. The molecule has 1 aromatic rings. The molecule has 0 spiro atoms. The number of rotatable bonds is 6. The molecule has 1 aromatic carbocycles. The van der Waals surface area contributed by atoms with E-state index < -0.39 is 10.0 Å². The summed E-state index contributed by atoms with van der Waals surface area (Å²) in [7, 11) is -1.99. The normalized spacial score (nSPS) is 11.7. The summed E-state index contributed by atoms with van der Waals surface area (Å²) in [4.78, 5) is 0.197. The van der Waals surface area contributed by atoms with Crippen LogP contribution in [0.15, 0.2) is 27.6 Å². The second kappa shape index (κ2) is 6.70. The van der Waals surface area contributed by atoms with Gasteiger partial charge in [0.1, 0.15) is 0 Å². The van der Waals surface area contributed by atoms with Gasteiger partial charge in [-0.3, -0.25) is 0 Å². The van der Waals surface area contributed by atoms with Gasteiger partial charge in [0.15, 0.2) is 0 Å². The van der Waals surface area contributed by atoms with E-state index in [1.165, 1.54) is 13.2 Å². The van der Waals surface area contributed by atoms with Crippen LogP contribution in [0, 0.1) is 0 Å². The van der Waals surface area contributed by atoms with Crippen molar-refractivity contribution in [2.24, 2.45) is 0 Å². The van der Waals surface area contributed by atoms with Gasteiger partial charge in [0.05, 0.1) is 11.5 Å². The quantitative estimate of drug-likeness (QED) is 0.636. The Morgan fingerprint density at radius 1 is 1.47 bits per heavy atom. The number of sulfonamides is 1. The van der Waals surface area contributed by atoms with Gasteiger partial charge in [-0.1, -0.05) is 6.07 Å². The minimum absolute atomic E-state index is 0.197. The van der Waals surface area contributed by atoms with Crippen LogP contribution >= 0.6 is 27.5 Å². The van der Waals surface area contributed by atoms with Gasteiger partial charge in [0, 0.05) is 24.0 Å². The van der Waals surface area contributed by atoms with Gasteiger partial charge in [0.2, 0.25) is 10.0 Å². The molecule has 0 aliphatic carbocycles. The van der Waals surface area contributed by atoms with Crippen LogP contribution in [0.4, 0.5) is 0 Å². The van der Waals surface area contributed by atoms with Crippen LogP contribution < -0.4 is 4.72 Å². The van der Waals surface area contributed by atoms with Gasteiger partial charge < -0.3 is 4.74 Å². The zero-order valence-electron chi connectivity index (χ0n) is 9.24. The van der Waals surface area contributed by atoms with Crippen molar-refractivity contribution in [3.05, 3.63) is 28.2 Å². The van der Waals surface area contributed by atoms with Crippen molar-refractivity contribution in [1.82, 2.24) is 4.72 Å². The van der Waals surface area contributed by atoms with E-state index in [9.17, 15) is 8.42 Å². The Hall–Kier alpha value is -0.140. The van der Waals surface area contributed by atoms with Crippen molar-refractivity contribution in [2.75, 3.05) is 20.3 Å². The van der Waals surface area contributed by atoms with Crippen LogP contribution in [0.3, 0.4) is 0 Å². The Kier molecular flexibility index (Phi) is 5.88. The molecule has 0 radical (unpaired) electrons. The Labute approximate surface area is 114 Å². The minimum atomic E-state index is -3.51. The first kappa shape index (κ1) is 14.9. The third-order valence-electron chi connectivity index (χ3n) is 2.04. The SMILES string of the molecule is COCCNS(=O)(=O)c1ccc(CCl)cc1Br. The van der Waals surface area contributed by atoms with Crippen LogP contribution in [-0.4, -0.2) is 28.7 Å². The monoisotopic (exact) mass is 341 g/mol. The average molecular weight is 343 g/mol. The third-order valence-corrected chi connectivity index (χ3v) is 4.78. The molecule has 0 saturated heterocycles. The maximum absolute atomic E-state index is 11.9. The maximum Gasteiger partial charge on any atom is 0.241 e. The molecular formula is C10H13BrClNO3S. The number of benzene rings is 1. The topological polar surface area (TPSA) is 55.4 Å². The zero-order chi connectivity index (χ0) is 12.9. The average Bonchev–Trinajstić information content (AvgIpc) is 2.28. The predicted molar refractivity (Wildman–Crippen MR) is 70.8 cm³/mol. The standard InChI is InChI=1S/C10H13BrClNO3S/c1-16-5-4-13-17(14,15)10-3-2-8(7-12)6-9(10)11/h2-3,6,13H,4-5,7H2,1H3. The van der Waals surface area contributed by atoms with E-state index in [1.54, 1.807) is 12.1 Å². The Balaban J connectivity index is 2.91. The number of ether oxygens (including phenoxy) is 1. The van der Waals surface area contributed by atoms with Gasteiger partial charge in [-0.05, 0) is 33.6 Å². The van der Waals surface area contributed by atoms with Gasteiger partial charge in [0.25, 0.3) is 0 Å². The summed E-state index contributed by atoms with van der Waals surface area (Å²) in [5.74, 6) is 0.343. The summed E-state index contributed by atoms with van der Waals surface area (Å²) in [5.41, 5.74) is 0.856. The second-order valence-corrected chi connectivity index (χ2v) is 6.15. The molecule has 17 heavy (non-hydrogen) atoms. The van der Waals surface area contributed by atoms with Gasteiger partial charge in [-0.2, -0.15) is 0 Å². The molecule has 0 aliphatic rings. The first-order valence-electron chi connectivity index (χ1n) is 4.84. The van der Waals surface area contributed by atoms with Crippen molar-refractivity contribution in [3.8, 4) is 0 Å². The molecular weight excluding hydrogens is 330 g/mol. The smallest absolute Gasteiger partial charge is 0.241 e. The molecule has 0 atom stereocenters. The van der Waals surface area contributed by atoms with Crippen LogP contribution in [-0.2, 0) is 20.6 Å². The third kappa shape index (κ3) is 4.22. The first-order chi connectivity index (χ1) is 8.01. The van der Waals surface area contributed by atoms with Crippen molar-refractivity contribution in [3.63, 3.8) is 0 Å². The summed E-state index contributed by atoms with van der Waals surface area (Å²) in [6.07, 6.45) is 0. The fourth-order valence-electron chi connectivity index (χ4n) is 1.20. The summed E-state index contributed by atoms with van der Waals surface area (Å²) < 4.78 is 31.5. The fraction of sp³-hybridized carbons (Fsp3) is 0.400. The number of methoxy groups -OCH3 is 1. The van der Waals surface area contributed by atoms with Crippen LogP contribution in [0.1, 0.15) is 5.56 Å². The molecule has 1 rings (SSSR count). The first-order valence-corrected chi connectivity index (χ1v) is 7.65. The number of halogens is 2. The highest BCUT2D eigenvalue weighted by atomic mass is 79.9. The van der Waals surface area contributed by atoms with E-state index in [0.29, 0.717) is 17.0 Å². The molecule has 0 unspecified atom stereocenters. The van der Waals surface area contributed by atoms with Crippen molar-refractivity contribution in [1.29, 1.82) is 0 Å². The summed E-state index contributed by atoms with van der Waals surface area (Å²) in [6, 6.07) is 4.90. The molecule has 0 bridgehead atoms. The van der Waals surface area contributed by atoms with E-state index in [1.807, 2.05) is 0 Å². The van der Waals surface area contributed by atoms with Gasteiger partial charge >= 0.3 is 0 Å². The van der Waals surface area contributed by atoms with Crippen molar-refractivity contribution in [2.45, 2.75) is 10.8 Å². The maximum atomic E-state index is 11.9. The van der Waals surface area contributed by atoms with Gasteiger partial charge in [-0.25, -0.2) is 13.1 Å². The lowest BCUT2D eigenvalue weighted by Gasteiger charge is -2.08. The van der Waals surface area contributed by atoms with E-state index in [4.69, 9.17) is 16.3 Å². The van der Waals surface area contributed by atoms with Crippen LogP contribution in [0.5, 0.6) is 0 Å². The van der Waals surface area contributed by atoms with E-state index >= 15 is 0 Å². The number of alkyl halides is 1. The van der Waals surface area contributed by atoms with E-state index in [2.05, 4.69) is 20.7 Å². The van der Waals surface area contributed by atoms with Crippen LogP contribution in [0.25, 0.3) is 0 Å². The lowest BCUT2D eigenvalue weighted by molar-refractivity contribution is 0.204. The van der Waals surface area contributed by atoms with E-state index in [-0.39, 0.29) is 11.4 Å². The molecule has 96 valence electrons. The Morgan fingerprint density at radius 3 is 2.71 bits per heavy atom. The number of nitrogens with one attached hydrogen (secondary N) is 1. The molecule has 7 heteroatoms. The highest BCUT2D eigenvalue weighted by Crippen LogP contribution is 2.23. The highest BCUT2D eigenvalue weighted by molar-refractivity contribution is 9.10. The Morgan fingerprint density at radius 2 is 2.18 bits per heavy atom. The minimum Gasteiger partial charge on any atom is -0.383 e. The molecule has 0 aliphatic heterocycles. The molecule has 0 heterocycles. The summed E-state index contributed by atoms with van der Waals surface area (Å²) >= 11 is 8.89. The molecule has 0 fully saturated rings. The molecule has 0 saturated carbocycles.